The number of hydrogen-bond donors (Lipinski definition) is 2. The lowest BCUT2D eigenvalue weighted by atomic mass is 9.94. The molecular formula is C25H18N4O3. The zero-order chi connectivity index (χ0) is 22.2. The number of hydrogen-bond acceptors (Lipinski definition) is 6. The van der Waals surface area contributed by atoms with E-state index in [4.69, 9.17) is 19.3 Å². The molecule has 7 heteroatoms. The van der Waals surface area contributed by atoms with E-state index in [2.05, 4.69) is 22.3 Å². The second-order valence-corrected chi connectivity index (χ2v) is 7.20. The summed E-state index contributed by atoms with van der Waals surface area (Å²) >= 11 is 0. The van der Waals surface area contributed by atoms with Crippen LogP contribution in [-0.2, 0) is 0 Å². The Hall–Kier alpha value is -4.57. The van der Waals surface area contributed by atoms with Gasteiger partial charge in [-0.2, -0.15) is 5.26 Å². The number of aromatic nitrogens is 2. The van der Waals surface area contributed by atoms with Crippen LogP contribution in [0, 0.1) is 16.7 Å². The first-order valence-electron chi connectivity index (χ1n) is 9.86. The second kappa shape index (κ2) is 7.60. The topological polar surface area (TPSA) is 108 Å². The minimum Gasteiger partial charge on any atom is -0.497 e. The van der Waals surface area contributed by atoms with Gasteiger partial charge in [-0.3, -0.25) is 10.5 Å². The largest absolute Gasteiger partial charge is 0.497 e. The fourth-order valence-corrected chi connectivity index (χ4v) is 3.96. The molecular weight excluding hydrogens is 404 g/mol. The molecule has 0 radical (unpaired) electrons. The van der Waals surface area contributed by atoms with Gasteiger partial charge < -0.3 is 13.9 Å². The summed E-state index contributed by atoms with van der Waals surface area (Å²) in [6, 6.07) is 21.6. The summed E-state index contributed by atoms with van der Waals surface area (Å²) in [6.07, 6.45) is 0. The van der Waals surface area contributed by atoms with E-state index in [1.807, 2.05) is 36.4 Å². The molecule has 2 heterocycles. The Kier molecular flexibility index (Phi) is 4.61. The number of H-pyrrole nitrogens is 1. The molecule has 0 saturated heterocycles. The van der Waals surface area contributed by atoms with Crippen LogP contribution in [0.4, 0.5) is 0 Å². The first kappa shape index (κ1) is 19.4. The predicted octanol–water partition coefficient (Wildman–Crippen LogP) is 5.01. The first-order valence-corrected chi connectivity index (χ1v) is 9.86. The number of rotatable bonds is 4. The maximum atomic E-state index is 9.92. The van der Waals surface area contributed by atoms with E-state index in [0.29, 0.717) is 33.7 Å². The molecule has 0 saturated carbocycles. The van der Waals surface area contributed by atoms with Gasteiger partial charge in [0.05, 0.1) is 25.3 Å². The highest BCUT2D eigenvalue weighted by Gasteiger charge is 2.23. The van der Waals surface area contributed by atoms with Crippen molar-refractivity contribution in [2.45, 2.75) is 0 Å². The standard InChI is InChI=1S/C25H18N4O3/c1-30-17-9-10-20(31-2)18(12-17)21-19(13-26)24(27)32-25-22(21)23(28-29-25)16-8-7-14-5-3-4-6-15(14)11-16/h3-12,27H,1-2H3,(H,28,29). The highest BCUT2D eigenvalue weighted by molar-refractivity contribution is 6.05. The minimum atomic E-state index is -0.267. The van der Waals surface area contributed by atoms with Crippen molar-refractivity contribution in [1.29, 1.82) is 10.7 Å². The van der Waals surface area contributed by atoms with Gasteiger partial charge in [-0.25, -0.2) is 0 Å². The third-order valence-corrected chi connectivity index (χ3v) is 5.48. The number of nitriles is 1. The highest BCUT2D eigenvalue weighted by Crippen LogP contribution is 2.41. The van der Waals surface area contributed by atoms with Gasteiger partial charge in [0.15, 0.2) is 0 Å². The molecule has 0 atom stereocenters. The summed E-state index contributed by atoms with van der Waals surface area (Å²) in [4.78, 5) is 0. The number of benzene rings is 3. The molecule has 32 heavy (non-hydrogen) atoms. The van der Waals surface area contributed by atoms with E-state index in [9.17, 15) is 5.26 Å². The Balaban J connectivity index is 1.90. The Labute approximate surface area is 183 Å². The summed E-state index contributed by atoms with van der Waals surface area (Å²) in [5, 5.41) is 28.3. The molecule has 0 fully saturated rings. The van der Waals surface area contributed by atoms with Crippen LogP contribution in [0.15, 0.2) is 65.1 Å². The summed E-state index contributed by atoms with van der Waals surface area (Å²) in [5.41, 5.74) is 2.74. The molecule has 2 aromatic heterocycles. The number of methoxy groups -OCH3 is 2. The van der Waals surface area contributed by atoms with Crippen LogP contribution in [-0.4, -0.2) is 24.4 Å². The molecule has 156 valence electrons. The molecule has 0 aliphatic heterocycles. The smallest absolute Gasteiger partial charge is 0.248 e. The molecule has 0 bridgehead atoms. The van der Waals surface area contributed by atoms with Gasteiger partial charge in [0.25, 0.3) is 0 Å². The normalized spacial score (nSPS) is 10.9. The van der Waals surface area contributed by atoms with Gasteiger partial charge in [0.1, 0.15) is 23.1 Å². The molecule has 0 unspecified atom stereocenters. The zero-order valence-corrected chi connectivity index (χ0v) is 17.4. The van der Waals surface area contributed by atoms with Crippen LogP contribution in [0.2, 0.25) is 0 Å². The maximum absolute atomic E-state index is 9.92. The van der Waals surface area contributed by atoms with Crippen molar-refractivity contribution in [1.82, 2.24) is 10.2 Å². The van der Waals surface area contributed by atoms with E-state index in [1.165, 1.54) is 0 Å². The van der Waals surface area contributed by atoms with Crippen molar-refractivity contribution in [3.05, 3.63) is 71.8 Å². The van der Waals surface area contributed by atoms with Crippen molar-refractivity contribution in [3.63, 3.8) is 0 Å². The quantitative estimate of drug-likeness (QED) is 0.423. The summed E-state index contributed by atoms with van der Waals surface area (Å²) in [7, 11) is 3.13. The summed E-state index contributed by atoms with van der Waals surface area (Å²) in [5.74, 6) is 1.14. The highest BCUT2D eigenvalue weighted by atomic mass is 16.5. The Bertz CT molecular complexity index is 1590. The van der Waals surface area contributed by atoms with Crippen molar-refractivity contribution < 1.29 is 13.9 Å². The average molecular weight is 422 g/mol. The van der Waals surface area contributed by atoms with E-state index in [0.717, 1.165) is 16.3 Å². The van der Waals surface area contributed by atoms with Gasteiger partial charge in [-0.15, -0.1) is 5.10 Å². The van der Waals surface area contributed by atoms with Gasteiger partial charge >= 0.3 is 0 Å². The monoisotopic (exact) mass is 422 g/mol. The molecule has 3 aromatic carbocycles. The molecule has 5 aromatic rings. The maximum Gasteiger partial charge on any atom is 0.248 e. The minimum absolute atomic E-state index is 0.0903. The van der Waals surface area contributed by atoms with Crippen molar-refractivity contribution in [2.24, 2.45) is 0 Å². The molecule has 5 rings (SSSR count). The fourth-order valence-electron chi connectivity index (χ4n) is 3.96. The third kappa shape index (κ3) is 2.97. The van der Waals surface area contributed by atoms with E-state index in [-0.39, 0.29) is 16.8 Å². The van der Waals surface area contributed by atoms with Crippen LogP contribution in [0.3, 0.4) is 0 Å². The van der Waals surface area contributed by atoms with Gasteiger partial charge in [0.2, 0.25) is 11.3 Å². The number of nitrogens with zero attached hydrogens (tertiary/aromatic N) is 2. The first-order chi connectivity index (χ1) is 15.6. The van der Waals surface area contributed by atoms with Crippen molar-refractivity contribution in [3.8, 4) is 40.0 Å². The molecule has 7 nitrogen and oxygen atoms in total. The Morgan fingerprint density at radius 3 is 2.56 bits per heavy atom. The lowest BCUT2D eigenvalue weighted by Gasteiger charge is -2.13. The predicted molar refractivity (Wildman–Crippen MR) is 120 cm³/mol. The molecule has 0 aliphatic rings. The SMILES string of the molecule is COc1ccc(OC)c(-c2c(C#N)c(=N)oc3n[nH]c(-c4ccc5ccccc5c4)c23)c1. The van der Waals surface area contributed by atoms with Crippen molar-refractivity contribution in [2.75, 3.05) is 14.2 Å². The zero-order valence-electron chi connectivity index (χ0n) is 17.4. The van der Waals surface area contributed by atoms with Gasteiger partial charge in [0, 0.05) is 16.7 Å². The van der Waals surface area contributed by atoms with E-state index >= 15 is 0 Å². The van der Waals surface area contributed by atoms with Crippen LogP contribution >= 0.6 is 0 Å². The number of aromatic amines is 1. The molecule has 0 aliphatic carbocycles. The Morgan fingerprint density at radius 2 is 1.81 bits per heavy atom. The number of ether oxygens (including phenoxy) is 2. The Morgan fingerprint density at radius 1 is 1.00 bits per heavy atom. The number of fused-ring (bicyclic) bond motifs is 2. The summed E-state index contributed by atoms with van der Waals surface area (Å²) in [6.45, 7) is 0. The van der Waals surface area contributed by atoms with E-state index < -0.39 is 0 Å². The van der Waals surface area contributed by atoms with Gasteiger partial charge in [-0.05, 0) is 35.0 Å². The molecule has 2 N–H and O–H groups in total. The van der Waals surface area contributed by atoms with E-state index in [1.54, 1.807) is 32.4 Å². The van der Waals surface area contributed by atoms with Gasteiger partial charge in [-0.1, -0.05) is 36.4 Å². The van der Waals surface area contributed by atoms with Crippen LogP contribution < -0.4 is 15.0 Å². The molecule has 0 amide bonds. The lowest BCUT2D eigenvalue weighted by Crippen LogP contribution is -2.07. The lowest BCUT2D eigenvalue weighted by molar-refractivity contribution is 0.404. The fraction of sp³-hybridized carbons (Fsp3) is 0.0800. The van der Waals surface area contributed by atoms with Crippen LogP contribution in [0.5, 0.6) is 11.5 Å². The average Bonchev–Trinajstić information content (AvgIpc) is 3.25. The number of nitrogens with one attached hydrogen (secondary N) is 2. The van der Waals surface area contributed by atoms with Crippen LogP contribution in [0.25, 0.3) is 44.3 Å². The summed E-state index contributed by atoms with van der Waals surface area (Å²) < 4.78 is 16.6. The molecule has 0 spiro atoms. The third-order valence-electron chi connectivity index (χ3n) is 5.48. The van der Waals surface area contributed by atoms with Crippen LogP contribution in [0.1, 0.15) is 5.56 Å². The van der Waals surface area contributed by atoms with Crippen molar-refractivity contribution >= 4 is 21.9 Å². The second-order valence-electron chi connectivity index (χ2n) is 7.20.